The Morgan fingerprint density at radius 1 is 1.50 bits per heavy atom. The van der Waals surface area contributed by atoms with Crippen molar-refractivity contribution in [1.29, 1.82) is 0 Å². The Balaban J connectivity index is 2.49. The molecular formula is C10H14F3NOS. The molecule has 0 amide bonds. The molecule has 0 bridgehead atoms. The molecule has 2 nitrogen and oxygen atoms in total. The fourth-order valence-electron chi connectivity index (χ4n) is 1.28. The third-order valence-electron chi connectivity index (χ3n) is 2.22. The number of aliphatic hydroxyl groups excluding tert-OH is 1. The van der Waals surface area contributed by atoms with E-state index in [1.165, 1.54) is 11.3 Å². The number of alkyl halides is 3. The average molecular weight is 253 g/mol. The van der Waals surface area contributed by atoms with Gasteiger partial charge in [0.05, 0.1) is 0 Å². The Labute approximate surface area is 96.3 Å². The predicted octanol–water partition coefficient (Wildman–Crippen LogP) is 2.49. The largest absolute Gasteiger partial charge is 0.415 e. The van der Waals surface area contributed by atoms with E-state index in [4.69, 9.17) is 5.11 Å². The molecule has 0 aliphatic heterocycles. The van der Waals surface area contributed by atoms with E-state index >= 15 is 0 Å². The molecule has 0 spiro atoms. The van der Waals surface area contributed by atoms with Gasteiger partial charge in [0.1, 0.15) is 0 Å². The lowest BCUT2D eigenvalue weighted by molar-refractivity contribution is -0.208. The number of nitrogens with zero attached hydrogens (tertiary/aromatic N) is 1. The van der Waals surface area contributed by atoms with Gasteiger partial charge in [0.2, 0.25) is 0 Å². The quantitative estimate of drug-likeness (QED) is 0.871. The van der Waals surface area contributed by atoms with E-state index in [1.807, 2.05) is 17.5 Å². The van der Waals surface area contributed by atoms with Crippen LogP contribution in [0.25, 0.3) is 0 Å². The van der Waals surface area contributed by atoms with E-state index in [2.05, 4.69) is 0 Å². The molecule has 0 aromatic carbocycles. The Hall–Kier alpha value is -0.590. The van der Waals surface area contributed by atoms with Crippen molar-refractivity contribution < 1.29 is 18.3 Å². The van der Waals surface area contributed by atoms with Gasteiger partial charge in [0.25, 0.3) is 0 Å². The SMILES string of the molecule is CCN(Cc1cccs1)CC(O)C(F)(F)F. The second kappa shape index (κ2) is 5.65. The zero-order chi connectivity index (χ0) is 12.2. The summed E-state index contributed by atoms with van der Waals surface area (Å²) in [5, 5.41) is 10.8. The summed E-state index contributed by atoms with van der Waals surface area (Å²) in [5.74, 6) is 0. The van der Waals surface area contributed by atoms with Crippen LogP contribution in [0.2, 0.25) is 0 Å². The van der Waals surface area contributed by atoms with Gasteiger partial charge in [-0.1, -0.05) is 13.0 Å². The summed E-state index contributed by atoms with van der Waals surface area (Å²) in [5.41, 5.74) is 0. The number of aliphatic hydroxyl groups is 1. The first kappa shape index (κ1) is 13.5. The van der Waals surface area contributed by atoms with Crippen LogP contribution in [0.1, 0.15) is 11.8 Å². The minimum atomic E-state index is -4.54. The highest BCUT2D eigenvalue weighted by atomic mass is 32.1. The Morgan fingerprint density at radius 3 is 2.62 bits per heavy atom. The van der Waals surface area contributed by atoms with Crippen molar-refractivity contribution in [2.75, 3.05) is 13.1 Å². The van der Waals surface area contributed by atoms with Gasteiger partial charge in [-0.3, -0.25) is 4.90 Å². The lowest BCUT2D eigenvalue weighted by Gasteiger charge is -2.24. The zero-order valence-electron chi connectivity index (χ0n) is 8.87. The van der Waals surface area contributed by atoms with Gasteiger partial charge in [-0.25, -0.2) is 0 Å². The van der Waals surface area contributed by atoms with Gasteiger partial charge < -0.3 is 5.11 Å². The second-order valence-corrected chi connectivity index (χ2v) is 4.50. The van der Waals surface area contributed by atoms with Crippen molar-refractivity contribution in [1.82, 2.24) is 4.90 Å². The Bertz CT molecular complexity index is 300. The van der Waals surface area contributed by atoms with E-state index in [9.17, 15) is 13.2 Å². The number of rotatable bonds is 5. The van der Waals surface area contributed by atoms with Crippen LogP contribution in [0.15, 0.2) is 17.5 Å². The summed E-state index contributed by atoms with van der Waals surface area (Å²) in [6.45, 7) is 2.32. The maximum absolute atomic E-state index is 12.2. The molecule has 16 heavy (non-hydrogen) atoms. The molecule has 0 aliphatic rings. The number of hydrogen-bond acceptors (Lipinski definition) is 3. The molecule has 92 valence electrons. The molecule has 6 heteroatoms. The first-order chi connectivity index (χ1) is 7.43. The summed E-state index contributed by atoms with van der Waals surface area (Å²) in [7, 11) is 0. The monoisotopic (exact) mass is 253 g/mol. The van der Waals surface area contributed by atoms with E-state index in [0.29, 0.717) is 13.1 Å². The lowest BCUT2D eigenvalue weighted by Crippen LogP contribution is -2.40. The van der Waals surface area contributed by atoms with E-state index in [1.54, 1.807) is 11.8 Å². The Kier molecular flexibility index (Phi) is 4.76. The number of halogens is 3. The van der Waals surface area contributed by atoms with Crippen LogP contribution >= 0.6 is 11.3 Å². The minimum Gasteiger partial charge on any atom is -0.382 e. The molecule has 1 heterocycles. The summed E-state index contributed by atoms with van der Waals surface area (Å²) >= 11 is 1.50. The van der Waals surface area contributed by atoms with Gasteiger partial charge in [0, 0.05) is 18.0 Å². The molecule has 0 aliphatic carbocycles. The van der Waals surface area contributed by atoms with E-state index in [0.717, 1.165) is 4.88 Å². The molecular weight excluding hydrogens is 239 g/mol. The molecule has 1 aromatic heterocycles. The van der Waals surface area contributed by atoms with Crippen LogP contribution in [0.3, 0.4) is 0 Å². The van der Waals surface area contributed by atoms with Crippen LogP contribution in [-0.4, -0.2) is 35.4 Å². The number of thiophene rings is 1. The third kappa shape index (κ3) is 4.11. The molecule has 1 rings (SSSR count). The smallest absolute Gasteiger partial charge is 0.382 e. The highest BCUT2D eigenvalue weighted by Crippen LogP contribution is 2.21. The van der Waals surface area contributed by atoms with Gasteiger partial charge >= 0.3 is 6.18 Å². The third-order valence-corrected chi connectivity index (χ3v) is 3.08. The van der Waals surface area contributed by atoms with Crippen molar-refractivity contribution in [3.05, 3.63) is 22.4 Å². The van der Waals surface area contributed by atoms with Crippen LogP contribution in [-0.2, 0) is 6.54 Å². The highest BCUT2D eigenvalue weighted by molar-refractivity contribution is 7.09. The summed E-state index contributed by atoms with van der Waals surface area (Å²) in [6, 6.07) is 3.72. The fraction of sp³-hybridized carbons (Fsp3) is 0.600. The molecule has 0 radical (unpaired) electrons. The fourth-order valence-corrected chi connectivity index (χ4v) is 2.02. The van der Waals surface area contributed by atoms with Gasteiger partial charge in [-0.2, -0.15) is 13.2 Å². The Morgan fingerprint density at radius 2 is 2.19 bits per heavy atom. The number of hydrogen-bond donors (Lipinski definition) is 1. The molecule has 0 saturated carbocycles. The standard InChI is InChI=1S/C10H14F3NOS/c1-2-14(6-8-4-3-5-16-8)7-9(15)10(11,12)13/h3-5,9,15H,2,6-7H2,1H3. The summed E-state index contributed by atoms with van der Waals surface area (Å²) < 4.78 is 36.5. The lowest BCUT2D eigenvalue weighted by atomic mass is 10.3. The predicted molar refractivity (Wildman–Crippen MR) is 57.3 cm³/mol. The van der Waals surface area contributed by atoms with Crippen molar-refractivity contribution in [2.24, 2.45) is 0 Å². The zero-order valence-corrected chi connectivity index (χ0v) is 9.68. The molecule has 1 N–H and O–H groups in total. The molecule has 1 unspecified atom stereocenters. The normalized spacial score (nSPS) is 14.4. The average Bonchev–Trinajstić information content (AvgIpc) is 2.67. The maximum atomic E-state index is 12.2. The van der Waals surface area contributed by atoms with Crippen molar-refractivity contribution in [2.45, 2.75) is 25.7 Å². The van der Waals surface area contributed by atoms with Crippen LogP contribution in [0, 0.1) is 0 Å². The van der Waals surface area contributed by atoms with Crippen molar-refractivity contribution in [3.8, 4) is 0 Å². The van der Waals surface area contributed by atoms with Crippen LogP contribution < -0.4 is 0 Å². The van der Waals surface area contributed by atoms with Gasteiger partial charge in [-0.15, -0.1) is 11.3 Å². The minimum absolute atomic E-state index is 0.377. The van der Waals surface area contributed by atoms with E-state index < -0.39 is 12.3 Å². The first-order valence-corrected chi connectivity index (χ1v) is 5.81. The summed E-state index contributed by atoms with van der Waals surface area (Å²) in [4.78, 5) is 2.57. The maximum Gasteiger partial charge on any atom is 0.415 e. The molecule has 1 aromatic rings. The van der Waals surface area contributed by atoms with Gasteiger partial charge in [-0.05, 0) is 18.0 Å². The van der Waals surface area contributed by atoms with Crippen molar-refractivity contribution >= 4 is 11.3 Å². The van der Waals surface area contributed by atoms with E-state index in [-0.39, 0.29) is 6.54 Å². The van der Waals surface area contributed by atoms with Gasteiger partial charge in [0.15, 0.2) is 6.10 Å². The highest BCUT2D eigenvalue weighted by Gasteiger charge is 2.38. The van der Waals surface area contributed by atoms with Crippen LogP contribution in [0.4, 0.5) is 13.2 Å². The van der Waals surface area contributed by atoms with Crippen LogP contribution in [0.5, 0.6) is 0 Å². The topological polar surface area (TPSA) is 23.5 Å². The van der Waals surface area contributed by atoms with Crippen molar-refractivity contribution in [3.63, 3.8) is 0 Å². The summed E-state index contributed by atoms with van der Waals surface area (Å²) in [6.07, 6.45) is -6.81. The second-order valence-electron chi connectivity index (χ2n) is 3.46. The molecule has 0 fully saturated rings. The number of likely N-dealkylation sites (N-methyl/N-ethyl adjacent to an activating group) is 1. The first-order valence-electron chi connectivity index (χ1n) is 4.93. The molecule has 0 saturated heterocycles. The molecule has 1 atom stereocenters.